The Morgan fingerprint density at radius 1 is 1.64 bits per heavy atom. The molecule has 2 N–H and O–H groups in total. The van der Waals surface area contributed by atoms with Gasteiger partial charge in [0, 0.05) is 19.8 Å². The molecule has 11 heavy (non-hydrogen) atoms. The molecule has 1 aliphatic heterocycles. The van der Waals surface area contributed by atoms with E-state index in [1.54, 1.807) is 0 Å². The van der Waals surface area contributed by atoms with E-state index < -0.39 is 6.17 Å². The largest absolute Gasteiger partial charge is 0.381 e. The minimum Gasteiger partial charge on any atom is -0.381 e. The zero-order chi connectivity index (χ0) is 8.10. The second-order valence-electron chi connectivity index (χ2n) is 3.15. The van der Waals surface area contributed by atoms with Gasteiger partial charge in [-0.05, 0) is 25.2 Å². The third kappa shape index (κ3) is 3.16. The summed E-state index contributed by atoms with van der Waals surface area (Å²) in [6.07, 6.45) is 1.92. The molecule has 0 aromatic carbocycles. The van der Waals surface area contributed by atoms with Crippen LogP contribution in [0.3, 0.4) is 0 Å². The number of rotatable bonds is 3. The second-order valence-corrected chi connectivity index (χ2v) is 3.15. The Balaban J connectivity index is 2.13. The van der Waals surface area contributed by atoms with E-state index in [9.17, 15) is 4.39 Å². The molecule has 1 aliphatic rings. The van der Waals surface area contributed by atoms with Crippen molar-refractivity contribution < 1.29 is 9.13 Å². The molecule has 3 heteroatoms. The minimum absolute atomic E-state index is 0.149. The van der Waals surface area contributed by atoms with E-state index in [4.69, 9.17) is 10.5 Å². The highest BCUT2D eigenvalue weighted by atomic mass is 19.1. The molecular formula is C8H16FNO. The van der Waals surface area contributed by atoms with Crippen LogP contribution in [0, 0.1) is 5.92 Å². The van der Waals surface area contributed by atoms with Crippen molar-refractivity contribution in [3.63, 3.8) is 0 Å². The quantitative estimate of drug-likeness (QED) is 0.672. The van der Waals surface area contributed by atoms with Crippen molar-refractivity contribution in [3.05, 3.63) is 0 Å². The van der Waals surface area contributed by atoms with Gasteiger partial charge in [-0.15, -0.1) is 0 Å². The fourth-order valence-electron chi connectivity index (χ4n) is 1.45. The molecule has 1 rings (SSSR count). The first-order valence-electron chi connectivity index (χ1n) is 4.25. The summed E-state index contributed by atoms with van der Waals surface area (Å²) in [4.78, 5) is 0. The van der Waals surface area contributed by atoms with Crippen LogP contribution >= 0.6 is 0 Å². The van der Waals surface area contributed by atoms with Crippen LogP contribution in [0.4, 0.5) is 4.39 Å². The highest BCUT2D eigenvalue weighted by molar-refractivity contribution is 4.68. The molecule has 0 amide bonds. The fourth-order valence-corrected chi connectivity index (χ4v) is 1.45. The van der Waals surface area contributed by atoms with Crippen molar-refractivity contribution >= 4 is 0 Å². The third-order valence-corrected chi connectivity index (χ3v) is 2.10. The van der Waals surface area contributed by atoms with Gasteiger partial charge >= 0.3 is 0 Å². The van der Waals surface area contributed by atoms with E-state index >= 15 is 0 Å². The van der Waals surface area contributed by atoms with Gasteiger partial charge in [-0.1, -0.05) is 0 Å². The van der Waals surface area contributed by atoms with Crippen LogP contribution in [-0.4, -0.2) is 25.9 Å². The molecule has 0 saturated carbocycles. The van der Waals surface area contributed by atoms with Gasteiger partial charge < -0.3 is 10.5 Å². The normalized spacial score (nSPS) is 28.4. The van der Waals surface area contributed by atoms with Crippen LogP contribution < -0.4 is 5.73 Å². The predicted octanol–water partition coefficient (Wildman–Crippen LogP) is 1.10. The molecule has 0 unspecified atom stereocenters. The SMILES string of the molecule is NC[C@H](F)C[C@@H]1CCCOC1. The van der Waals surface area contributed by atoms with Crippen LogP contribution in [0.25, 0.3) is 0 Å². The van der Waals surface area contributed by atoms with Crippen molar-refractivity contribution in [2.24, 2.45) is 11.7 Å². The minimum atomic E-state index is -0.832. The number of hydrogen-bond acceptors (Lipinski definition) is 2. The molecule has 2 atom stereocenters. The van der Waals surface area contributed by atoms with E-state index in [-0.39, 0.29) is 6.54 Å². The molecular weight excluding hydrogens is 145 g/mol. The van der Waals surface area contributed by atoms with Crippen LogP contribution in [-0.2, 0) is 4.74 Å². The van der Waals surface area contributed by atoms with Crippen LogP contribution in [0.2, 0.25) is 0 Å². The van der Waals surface area contributed by atoms with Crippen LogP contribution in [0.15, 0.2) is 0 Å². The summed E-state index contributed by atoms with van der Waals surface area (Å²) >= 11 is 0. The summed E-state index contributed by atoms with van der Waals surface area (Å²) in [5.74, 6) is 0.405. The molecule has 1 saturated heterocycles. The average Bonchev–Trinajstić information content (AvgIpc) is 2.06. The maximum Gasteiger partial charge on any atom is 0.113 e. The Morgan fingerprint density at radius 3 is 3.00 bits per heavy atom. The molecule has 0 aromatic rings. The molecule has 2 nitrogen and oxygen atoms in total. The van der Waals surface area contributed by atoms with E-state index in [1.165, 1.54) is 0 Å². The predicted molar refractivity (Wildman–Crippen MR) is 42.1 cm³/mol. The molecule has 0 aliphatic carbocycles. The maximum absolute atomic E-state index is 12.7. The average molecular weight is 161 g/mol. The van der Waals surface area contributed by atoms with Crippen molar-refractivity contribution in [2.45, 2.75) is 25.4 Å². The zero-order valence-electron chi connectivity index (χ0n) is 6.76. The van der Waals surface area contributed by atoms with Gasteiger partial charge in [-0.3, -0.25) is 0 Å². The third-order valence-electron chi connectivity index (χ3n) is 2.10. The monoisotopic (exact) mass is 161 g/mol. The Kier molecular flexibility index (Phi) is 3.80. The molecule has 66 valence electrons. The standard InChI is InChI=1S/C8H16FNO/c9-8(5-10)4-7-2-1-3-11-6-7/h7-8H,1-6,10H2/t7-,8+/m0/s1. The summed E-state index contributed by atoms with van der Waals surface area (Å²) < 4.78 is 18.0. The number of halogens is 1. The lowest BCUT2D eigenvalue weighted by Crippen LogP contribution is -2.24. The van der Waals surface area contributed by atoms with E-state index in [2.05, 4.69) is 0 Å². The number of alkyl halides is 1. The van der Waals surface area contributed by atoms with E-state index in [1.807, 2.05) is 0 Å². The van der Waals surface area contributed by atoms with E-state index in [0.717, 1.165) is 26.1 Å². The summed E-state index contributed by atoms with van der Waals surface area (Å²) in [6, 6.07) is 0. The summed E-state index contributed by atoms with van der Waals surface area (Å²) in [5, 5.41) is 0. The Labute approximate surface area is 66.9 Å². The molecule has 0 aromatic heterocycles. The van der Waals surface area contributed by atoms with Crippen LogP contribution in [0.1, 0.15) is 19.3 Å². The van der Waals surface area contributed by atoms with Crippen molar-refractivity contribution in [3.8, 4) is 0 Å². The number of nitrogens with two attached hydrogens (primary N) is 1. The molecule has 0 spiro atoms. The fraction of sp³-hybridized carbons (Fsp3) is 1.00. The Hall–Kier alpha value is -0.150. The topological polar surface area (TPSA) is 35.2 Å². The zero-order valence-corrected chi connectivity index (χ0v) is 6.76. The van der Waals surface area contributed by atoms with Crippen molar-refractivity contribution in [2.75, 3.05) is 19.8 Å². The lowest BCUT2D eigenvalue weighted by molar-refractivity contribution is 0.0423. The van der Waals surface area contributed by atoms with Gasteiger partial charge in [0.05, 0.1) is 0 Å². The maximum atomic E-state index is 12.7. The van der Waals surface area contributed by atoms with Gasteiger partial charge in [-0.2, -0.15) is 0 Å². The lowest BCUT2D eigenvalue weighted by atomic mass is 9.96. The Morgan fingerprint density at radius 2 is 2.45 bits per heavy atom. The molecule has 1 fully saturated rings. The van der Waals surface area contributed by atoms with Gasteiger partial charge in [0.25, 0.3) is 0 Å². The summed E-state index contributed by atoms with van der Waals surface area (Å²) in [7, 11) is 0. The Bertz CT molecular complexity index is 104. The number of hydrogen-bond donors (Lipinski definition) is 1. The van der Waals surface area contributed by atoms with Gasteiger partial charge in [0.15, 0.2) is 0 Å². The van der Waals surface area contributed by atoms with Crippen molar-refractivity contribution in [1.82, 2.24) is 0 Å². The molecule has 0 bridgehead atoms. The lowest BCUT2D eigenvalue weighted by Gasteiger charge is -2.22. The summed E-state index contributed by atoms with van der Waals surface area (Å²) in [6.45, 7) is 1.72. The number of ether oxygens (including phenoxy) is 1. The first kappa shape index (κ1) is 8.94. The smallest absolute Gasteiger partial charge is 0.113 e. The highest BCUT2D eigenvalue weighted by Crippen LogP contribution is 2.19. The molecule has 0 radical (unpaired) electrons. The van der Waals surface area contributed by atoms with Gasteiger partial charge in [-0.25, -0.2) is 4.39 Å². The van der Waals surface area contributed by atoms with Gasteiger partial charge in [0.1, 0.15) is 6.17 Å². The van der Waals surface area contributed by atoms with Crippen molar-refractivity contribution in [1.29, 1.82) is 0 Å². The highest BCUT2D eigenvalue weighted by Gasteiger charge is 2.17. The molecule has 1 heterocycles. The first-order chi connectivity index (χ1) is 5.33. The summed E-state index contributed by atoms with van der Waals surface area (Å²) in [5.41, 5.74) is 5.17. The first-order valence-corrected chi connectivity index (χ1v) is 4.25. The van der Waals surface area contributed by atoms with Gasteiger partial charge in [0.2, 0.25) is 0 Å². The second kappa shape index (κ2) is 4.67. The van der Waals surface area contributed by atoms with E-state index in [0.29, 0.717) is 12.3 Å². The van der Waals surface area contributed by atoms with Crippen LogP contribution in [0.5, 0.6) is 0 Å².